The number of fused-ring (bicyclic) bond motifs is 1. The quantitative estimate of drug-likeness (QED) is 0.308. The molecule has 2 aliphatic rings. The molecule has 1 saturated carbocycles. The molecular weight excluding hydrogens is 557 g/mol. The maximum absolute atomic E-state index is 13.7. The van der Waals surface area contributed by atoms with Crippen molar-refractivity contribution < 1.29 is 13.2 Å². The minimum absolute atomic E-state index is 0.125. The van der Waals surface area contributed by atoms with Gasteiger partial charge >= 0.3 is 0 Å². The van der Waals surface area contributed by atoms with Crippen molar-refractivity contribution in [1.82, 2.24) is 24.2 Å². The second-order valence-electron chi connectivity index (χ2n) is 11.0. The van der Waals surface area contributed by atoms with E-state index in [-0.39, 0.29) is 10.8 Å². The van der Waals surface area contributed by atoms with E-state index in [9.17, 15) is 13.2 Å². The molecule has 1 amide bonds. The third-order valence-corrected chi connectivity index (χ3v) is 11.0. The first kappa shape index (κ1) is 27.9. The molecule has 1 atom stereocenters. The number of amides is 1. The number of nitrogens with zero attached hydrogens (tertiary/aromatic N) is 5. The predicted octanol–water partition coefficient (Wildman–Crippen LogP) is 4.99. The highest BCUT2D eigenvalue weighted by Crippen LogP contribution is 2.36. The van der Waals surface area contributed by atoms with Gasteiger partial charge in [-0.05, 0) is 61.3 Å². The van der Waals surface area contributed by atoms with Gasteiger partial charge in [-0.15, -0.1) is 0 Å². The maximum Gasteiger partial charge on any atom is 0.243 e. The molecule has 214 valence electrons. The molecule has 6 rings (SSSR count). The highest BCUT2D eigenvalue weighted by atomic mass is 32.2. The number of anilines is 1. The van der Waals surface area contributed by atoms with E-state index >= 15 is 0 Å². The summed E-state index contributed by atoms with van der Waals surface area (Å²) in [5.74, 6) is -0.0507. The van der Waals surface area contributed by atoms with E-state index in [2.05, 4.69) is 20.2 Å². The van der Waals surface area contributed by atoms with Crippen molar-refractivity contribution in [3.05, 3.63) is 66.5 Å². The number of hydrogen-bond donors (Lipinski definition) is 1. The monoisotopic (exact) mass is 590 g/mol. The Balaban J connectivity index is 1.22. The van der Waals surface area contributed by atoms with Crippen LogP contribution in [0.4, 0.5) is 5.13 Å². The van der Waals surface area contributed by atoms with Crippen LogP contribution >= 0.6 is 11.3 Å². The van der Waals surface area contributed by atoms with E-state index in [0.717, 1.165) is 46.4 Å². The maximum atomic E-state index is 13.7. The van der Waals surface area contributed by atoms with E-state index in [1.165, 1.54) is 24.2 Å². The summed E-state index contributed by atoms with van der Waals surface area (Å²) in [5, 5.41) is 3.56. The fourth-order valence-electron chi connectivity index (χ4n) is 5.77. The zero-order valence-corrected chi connectivity index (χ0v) is 24.7. The number of carbonyl (C=O) groups is 1. The van der Waals surface area contributed by atoms with Crippen molar-refractivity contribution in [3.63, 3.8) is 0 Å². The Morgan fingerprint density at radius 2 is 1.68 bits per heavy atom. The zero-order valence-electron chi connectivity index (χ0n) is 23.1. The number of rotatable bonds is 8. The standard InChI is InChI=1S/C30H34N6O3S2/c1-35-16-18-36(19-17-35)41(38,39)24-8-6-22(7-9-24)25(20-21-4-2-3-5-21)28(37)34-30-33-27-11-10-26(32-29(27)40-30)23-12-14-31-15-13-23/h6-15,21,25H,2-5,16-20H2,1H3,(H,33,34,37)/t25-/m1/s1. The minimum atomic E-state index is -3.57. The lowest BCUT2D eigenvalue weighted by atomic mass is 9.87. The second-order valence-corrected chi connectivity index (χ2v) is 13.9. The van der Waals surface area contributed by atoms with Crippen LogP contribution in [0.25, 0.3) is 21.6 Å². The molecule has 41 heavy (non-hydrogen) atoms. The van der Waals surface area contributed by atoms with Crippen LogP contribution in [0.15, 0.2) is 65.8 Å². The molecule has 4 heterocycles. The summed E-state index contributed by atoms with van der Waals surface area (Å²) in [5.41, 5.74) is 3.35. The Morgan fingerprint density at radius 3 is 2.39 bits per heavy atom. The molecule has 9 nitrogen and oxygen atoms in total. The summed E-state index contributed by atoms with van der Waals surface area (Å²) in [6, 6.07) is 14.6. The summed E-state index contributed by atoms with van der Waals surface area (Å²) in [6.07, 6.45) is 8.79. The number of carbonyl (C=O) groups excluding carboxylic acids is 1. The Bertz CT molecular complexity index is 1610. The number of likely N-dealkylation sites (N-methyl/N-ethyl adjacent to an activating group) is 1. The topological polar surface area (TPSA) is 108 Å². The largest absolute Gasteiger partial charge is 0.304 e. The zero-order chi connectivity index (χ0) is 28.4. The normalized spacial score (nSPS) is 18.1. The SMILES string of the molecule is CN1CCN(S(=O)(=O)c2ccc([C@@H](CC3CCCC3)C(=O)Nc3nc4ccc(-c5ccncc5)nc4s3)cc2)CC1. The van der Waals surface area contributed by atoms with Gasteiger partial charge in [0.1, 0.15) is 10.3 Å². The molecule has 0 bridgehead atoms. The van der Waals surface area contributed by atoms with Gasteiger partial charge in [0.15, 0.2) is 5.13 Å². The van der Waals surface area contributed by atoms with Crippen LogP contribution in [0, 0.1) is 5.92 Å². The van der Waals surface area contributed by atoms with Gasteiger partial charge < -0.3 is 10.2 Å². The van der Waals surface area contributed by atoms with E-state index in [1.54, 1.807) is 28.8 Å². The molecule has 0 radical (unpaired) electrons. The molecule has 11 heteroatoms. The highest BCUT2D eigenvalue weighted by molar-refractivity contribution is 7.89. The first-order chi connectivity index (χ1) is 19.9. The van der Waals surface area contributed by atoms with Crippen molar-refractivity contribution in [2.75, 3.05) is 38.5 Å². The van der Waals surface area contributed by atoms with E-state index < -0.39 is 15.9 Å². The van der Waals surface area contributed by atoms with Crippen LogP contribution in [-0.2, 0) is 14.8 Å². The van der Waals surface area contributed by atoms with Crippen LogP contribution in [0.5, 0.6) is 0 Å². The lowest BCUT2D eigenvalue weighted by Crippen LogP contribution is -2.47. The van der Waals surface area contributed by atoms with Crippen LogP contribution < -0.4 is 5.32 Å². The molecule has 3 aromatic heterocycles. The molecule has 1 N–H and O–H groups in total. The third kappa shape index (κ3) is 6.18. The van der Waals surface area contributed by atoms with Crippen LogP contribution in [0.1, 0.15) is 43.6 Å². The van der Waals surface area contributed by atoms with Gasteiger partial charge in [-0.25, -0.2) is 18.4 Å². The number of aromatic nitrogens is 3. The van der Waals surface area contributed by atoms with Crippen molar-refractivity contribution in [1.29, 1.82) is 0 Å². The summed E-state index contributed by atoms with van der Waals surface area (Å²) >= 11 is 1.35. The third-order valence-electron chi connectivity index (χ3n) is 8.20. The summed E-state index contributed by atoms with van der Waals surface area (Å²) in [4.78, 5) is 30.3. The fraction of sp³-hybridized carbons (Fsp3) is 0.400. The number of piperazine rings is 1. The predicted molar refractivity (Wildman–Crippen MR) is 161 cm³/mol. The Kier molecular flexibility index (Phi) is 8.12. The summed E-state index contributed by atoms with van der Waals surface area (Å²) < 4.78 is 28.0. The van der Waals surface area contributed by atoms with Gasteiger partial charge in [-0.2, -0.15) is 4.31 Å². The molecular formula is C30H34N6O3S2. The molecule has 2 fully saturated rings. The second kappa shape index (κ2) is 11.9. The Hall–Kier alpha value is -3.25. The summed E-state index contributed by atoms with van der Waals surface area (Å²) in [7, 11) is -1.57. The molecule has 1 aliphatic heterocycles. The molecule has 1 aliphatic carbocycles. The van der Waals surface area contributed by atoms with Crippen LogP contribution in [-0.4, -0.2) is 71.7 Å². The van der Waals surface area contributed by atoms with Crippen molar-refractivity contribution >= 4 is 42.7 Å². The highest BCUT2D eigenvalue weighted by Gasteiger charge is 2.30. The number of pyridine rings is 2. The smallest absolute Gasteiger partial charge is 0.243 e. The van der Waals surface area contributed by atoms with Gasteiger partial charge in [0.05, 0.1) is 16.5 Å². The average Bonchev–Trinajstić information content (AvgIpc) is 3.65. The molecule has 1 saturated heterocycles. The Labute approximate surface area is 244 Å². The van der Waals surface area contributed by atoms with Gasteiger partial charge in [-0.1, -0.05) is 49.2 Å². The fourth-order valence-corrected chi connectivity index (χ4v) is 8.03. The number of thiazole rings is 1. The Morgan fingerprint density at radius 1 is 0.976 bits per heavy atom. The van der Waals surface area contributed by atoms with Crippen molar-refractivity contribution in [2.24, 2.45) is 5.92 Å². The van der Waals surface area contributed by atoms with E-state index in [1.807, 2.05) is 43.4 Å². The molecule has 1 aromatic carbocycles. The van der Waals surface area contributed by atoms with E-state index in [0.29, 0.717) is 37.2 Å². The molecule has 0 unspecified atom stereocenters. The minimum Gasteiger partial charge on any atom is -0.304 e. The lowest BCUT2D eigenvalue weighted by molar-refractivity contribution is -0.118. The summed E-state index contributed by atoms with van der Waals surface area (Å²) in [6.45, 7) is 2.39. The van der Waals surface area contributed by atoms with Crippen molar-refractivity contribution in [2.45, 2.75) is 42.9 Å². The average molecular weight is 591 g/mol. The van der Waals surface area contributed by atoms with Crippen LogP contribution in [0.2, 0.25) is 0 Å². The first-order valence-corrected chi connectivity index (χ1v) is 16.4. The number of benzene rings is 1. The number of sulfonamides is 1. The molecule has 4 aromatic rings. The van der Waals surface area contributed by atoms with Crippen molar-refractivity contribution in [3.8, 4) is 11.3 Å². The van der Waals surface area contributed by atoms with Gasteiger partial charge in [0.2, 0.25) is 15.9 Å². The lowest BCUT2D eigenvalue weighted by Gasteiger charge is -2.31. The van der Waals surface area contributed by atoms with Gasteiger partial charge in [0.25, 0.3) is 0 Å². The molecule has 0 spiro atoms. The number of hydrogen-bond acceptors (Lipinski definition) is 8. The van der Waals surface area contributed by atoms with Gasteiger partial charge in [-0.3, -0.25) is 9.78 Å². The van der Waals surface area contributed by atoms with Gasteiger partial charge in [0, 0.05) is 44.1 Å². The number of nitrogens with one attached hydrogen (secondary N) is 1. The van der Waals surface area contributed by atoms with Crippen LogP contribution in [0.3, 0.4) is 0 Å². The van der Waals surface area contributed by atoms with E-state index in [4.69, 9.17) is 4.98 Å². The first-order valence-electron chi connectivity index (χ1n) is 14.1.